The Balaban J connectivity index is 2.88. The number of allylic oxidation sites excluding steroid dienone is 2. The molecule has 1 aromatic carbocycles. The summed E-state index contributed by atoms with van der Waals surface area (Å²) >= 11 is 0. The van der Waals surface area contributed by atoms with E-state index in [4.69, 9.17) is 9.47 Å². The van der Waals surface area contributed by atoms with Crippen molar-refractivity contribution in [2.75, 3.05) is 14.2 Å². The Morgan fingerprint density at radius 3 is 2.11 bits per heavy atom. The van der Waals surface area contributed by atoms with Gasteiger partial charge in [-0.3, -0.25) is 14.4 Å². The number of hydrogen-bond donors (Lipinski definition) is 0. The molecule has 0 heterocycles. The van der Waals surface area contributed by atoms with E-state index in [1.807, 2.05) is 0 Å². The molecule has 0 aliphatic heterocycles. The highest BCUT2D eigenvalue weighted by Gasteiger charge is 2.29. The number of ketones is 2. The standard InChI is InChI=1S/C13H10O5/c1-17-10-5-7(6-14)13(18-2)12-9(16)4-3-8(15)11(10)12/h3-6H,1-2H3. The molecule has 2 rings (SSSR count). The summed E-state index contributed by atoms with van der Waals surface area (Å²) in [6.45, 7) is 0. The summed E-state index contributed by atoms with van der Waals surface area (Å²) < 4.78 is 10.1. The highest BCUT2D eigenvalue weighted by atomic mass is 16.5. The number of methoxy groups -OCH3 is 2. The maximum atomic E-state index is 11.9. The van der Waals surface area contributed by atoms with Gasteiger partial charge in [0.25, 0.3) is 0 Å². The monoisotopic (exact) mass is 246 g/mol. The van der Waals surface area contributed by atoms with Crippen LogP contribution in [0, 0.1) is 0 Å². The summed E-state index contributed by atoms with van der Waals surface area (Å²) in [5.74, 6) is -0.445. The quantitative estimate of drug-likeness (QED) is 0.755. The summed E-state index contributed by atoms with van der Waals surface area (Å²) in [4.78, 5) is 34.7. The first-order valence-electron chi connectivity index (χ1n) is 5.15. The number of rotatable bonds is 3. The van der Waals surface area contributed by atoms with Crippen molar-refractivity contribution >= 4 is 17.9 Å². The second-order valence-corrected chi connectivity index (χ2v) is 3.63. The SMILES string of the molecule is COc1cc(C=O)c(OC)c2c1C(=O)C=CC2=O. The van der Waals surface area contributed by atoms with Crippen LogP contribution in [-0.4, -0.2) is 32.1 Å². The lowest BCUT2D eigenvalue weighted by Crippen LogP contribution is -2.16. The van der Waals surface area contributed by atoms with Gasteiger partial charge in [0, 0.05) is 0 Å². The van der Waals surface area contributed by atoms with Gasteiger partial charge < -0.3 is 9.47 Å². The molecule has 0 amide bonds. The first-order valence-corrected chi connectivity index (χ1v) is 5.15. The average Bonchev–Trinajstić information content (AvgIpc) is 2.40. The minimum Gasteiger partial charge on any atom is -0.496 e. The number of carbonyl (C=O) groups excluding carboxylic acids is 3. The van der Waals surface area contributed by atoms with E-state index in [0.29, 0.717) is 6.29 Å². The van der Waals surface area contributed by atoms with Crippen molar-refractivity contribution in [3.63, 3.8) is 0 Å². The van der Waals surface area contributed by atoms with E-state index in [2.05, 4.69) is 0 Å². The number of carbonyl (C=O) groups is 3. The Morgan fingerprint density at radius 2 is 1.61 bits per heavy atom. The fourth-order valence-corrected chi connectivity index (χ4v) is 1.93. The largest absolute Gasteiger partial charge is 0.496 e. The molecule has 5 nitrogen and oxygen atoms in total. The van der Waals surface area contributed by atoms with Crippen molar-refractivity contribution < 1.29 is 23.9 Å². The normalized spacial score (nSPS) is 13.2. The highest BCUT2D eigenvalue weighted by Crippen LogP contribution is 2.36. The number of fused-ring (bicyclic) bond motifs is 1. The lowest BCUT2D eigenvalue weighted by Gasteiger charge is -2.17. The van der Waals surface area contributed by atoms with Gasteiger partial charge in [0.1, 0.15) is 11.5 Å². The molecule has 5 heteroatoms. The average molecular weight is 246 g/mol. The maximum Gasteiger partial charge on any atom is 0.190 e. The molecular weight excluding hydrogens is 236 g/mol. The molecule has 0 atom stereocenters. The molecule has 0 saturated carbocycles. The smallest absolute Gasteiger partial charge is 0.190 e. The summed E-state index contributed by atoms with van der Waals surface area (Å²) in [5, 5.41) is 0. The van der Waals surface area contributed by atoms with Crippen LogP contribution in [0.25, 0.3) is 0 Å². The van der Waals surface area contributed by atoms with Gasteiger partial charge in [-0.1, -0.05) is 0 Å². The third-order valence-electron chi connectivity index (χ3n) is 2.70. The van der Waals surface area contributed by atoms with Crippen LogP contribution in [0.1, 0.15) is 31.1 Å². The number of hydrogen-bond acceptors (Lipinski definition) is 5. The fraction of sp³-hybridized carbons (Fsp3) is 0.154. The van der Waals surface area contributed by atoms with E-state index in [0.717, 1.165) is 6.08 Å². The zero-order chi connectivity index (χ0) is 13.3. The summed E-state index contributed by atoms with van der Waals surface area (Å²) in [7, 11) is 2.71. The van der Waals surface area contributed by atoms with Gasteiger partial charge in [0.05, 0.1) is 30.9 Å². The Labute approximate surface area is 103 Å². The molecule has 1 aliphatic rings. The van der Waals surface area contributed by atoms with Crippen LogP contribution in [0.2, 0.25) is 0 Å². The molecule has 0 spiro atoms. The second kappa shape index (κ2) is 4.44. The van der Waals surface area contributed by atoms with Gasteiger partial charge in [0.15, 0.2) is 17.9 Å². The molecule has 0 unspecified atom stereocenters. The Hall–Kier alpha value is -2.43. The molecule has 18 heavy (non-hydrogen) atoms. The molecule has 0 aromatic heterocycles. The summed E-state index contributed by atoms with van der Waals surface area (Å²) in [6, 6.07) is 1.38. The molecule has 0 radical (unpaired) electrons. The molecule has 92 valence electrons. The van der Waals surface area contributed by atoms with Gasteiger partial charge in [-0.15, -0.1) is 0 Å². The van der Waals surface area contributed by atoms with E-state index in [1.165, 1.54) is 26.4 Å². The topological polar surface area (TPSA) is 69.7 Å². The lowest BCUT2D eigenvalue weighted by atomic mass is 9.91. The summed E-state index contributed by atoms with van der Waals surface area (Å²) in [6.07, 6.45) is 2.88. The minimum absolute atomic E-state index is 0.0754. The van der Waals surface area contributed by atoms with Gasteiger partial charge >= 0.3 is 0 Å². The van der Waals surface area contributed by atoms with E-state index >= 15 is 0 Å². The van der Waals surface area contributed by atoms with Crippen molar-refractivity contribution in [1.29, 1.82) is 0 Å². The predicted octanol–water partition coefficient (Wildman–Crippen LogP) is 1.45. The minimum atomic E-state index is -0.386. The number of benzene rings is 1. The van der Waals surface area contributed by atoms with E-state index < -0.39 is 0 Å². The van der Waals surface area contributed by atoms with Crippen LogP contribution in [-0.2, 0) is 0 Å². The van der Waals surface area contributed by atoms with Crippen LogP contribution in [0.15, 0.2) is 18.2 Å². The molecule has 0 bridgehead atoms. The van der Waals surface area contributed by atoms with E-state index in [9.17, 15) is 14.4 Å². The van der Waals surface area contributed by atoms with Gasteiger partial charge in [-0.25, -0.2) is 0 Å². The van der Waals surface area contributed by atoms with E-state index in [-0.39, 0.29) is 39.8 Å². The molecule has 0 N–H and O–H groups in total. The van der Waals surface area contributed by atoms with Gasteiger partial charge in [0.2, 0.25) is 0 Å². The molecule has 0 fully saturated rings. The lowest BCUT2D eigenvalue weighted by molar-refractivity contribution is 0.0988. The van der Waals surface area contributed by atoms with Gasteiger partial charge in [-0.05, 0) is 18.2 Å². The summed E-state index contributed by atoms with van der Waals surface area (Å²) in [5.41, 5.74) is 0.378. The fourth-order valence-electron chi connectivity index (χ4n) is 1.93. The van der Waals surface area contributed by atoms with Crippen molar-refractivity contribution in [3.05, 3.63) is 34.9 Å². The van der Waals surface area contributed by atoms with Crippen molar-refractivity contribution in [2.24, 2.45) is 0 Å². The van der Waals surface area contributed by atoms with Crippen LogP contribution in [0.4, 0.5) is 0 Å². The van der Waals surface area contributed by atoms with Crippen LogP contribution < -0.4 is 9.47 Å². The number of ether oxygens (including phenoxy) is 2. The third-order valence-corrected chi connectivity index (χ3v) is 2.70. The Kier molecular flexibility index (Phi) is 2.97. The molecule has 0 saturated heterocycles. The molecule has 1 aromatic rings. The molecular formula is C13H10O5. The van der Waals surface area contributed by atoms with E-state index in [1.54, 1.807) is 0 Å². The van der Waals surface area contributed by atoms with Crippen molar-refractivity contribution in [1.82, 2.24) is 0 Å². The highest BCUT2D eigenvalue weighted by molar-refractivity contribution is 6.25. The predicted molar refractivity (Wildman–Crippen MR) is 62.7 cm³/mol. The van der Waals surface area contributed by atoms with Crippen LogP contribution in [0.5, 0.6) is 11.5 Å². The Morgan fingerprint density at radius 1 is 1.00 bits per heavy atom. The zero-order valence-corrected chi connectivity index (χ0v) is 9.85. The van der Waals surface area contributed by atoms with Crippen LogP contribution >= 0.6 is 0 Å². The first kappa shape index (κ1) is 12.0. The Bertz CT molecular complexity index is 584. The van der Waals surface area contributed by atoms with Crippen molar-refractivity contribution in [2.45, 2.75) is 0 Å². The zero-order valence-electron chi connectivity index (χ0n) is 9.85. The first-order chi connectivity index (χ1) is 8.63. The maximum absolute atomic E-state index is 11.9. The number of aldehydes is 1. The van der Waals surface area contributed by atoms with Crippen molar-refractivity contribution in [3.8, 4) is 11.5 Å². The second-order valence-electron chi connectivity index (χ2n) is 3.63. The van der Waals surface area contributed by atoms with Crippen LogP contribution in [0.3, 0.4) is 0 Å². The third kappa shape index (κ3) is 1.60. The van der Waals surface area contributed by atoms with Gasteiger partial charge in [-0.2, -0.15) is 0 Å². The molecule has 1 aliphatic carbocycles.